The first-order valence-electron chi connectivity index (χ1n) is 9.81. The van der Waals surface area contributed by atoms with Crippen LogP contribution in [0.5, 0.6) is 0 Å². The summed E-state index contributed by atoms with van der Waals surface area (Å²) in [5.41, 5.74) is 4.38. The van der Waals surface area contributed by atoms with Gasteiger partial charge in [0, 0.05) is 30.5 Å². The highest BCUT2D eigenvalue weighted by Crippen LogP contribution is 2.23. The second-order valence-corrected chi connectivity index (χ2v) is 7.27. The quantitative estimate of drug-likeness (QED) is 0.525. The zero-order valence-corrected chi connectivity index (χ0v) is 18.9. The lowest BCUT2D eigenvalue weighted by molar-refractivity contribution is -0.192. The lowest BCUT2D eigenvalue weighted by Gasteiger charge is -2.14. The Kier molecular flexibility index (Phi) is 8.76. The molecule has 182 valence electrons. The summed E-state index contributed by atoms with van der Waals surface area (Å²) >= 11 is 0. The van der Waals surface area contributed by atoms with Gasteiger partial charge in [-0.1, -0.05) is 0 Å². The summed E-state index contributed by atoms with van der Waals surface area (Å²) in [7, 11) is 3.72. The fourth-order valence-electron chi connectivity index (χ4n) is 2.92. The van der Waals surface area contributed by atoms with Crippen molar-refractivity contribution in [1.29, 1.82) is 0 Å². The van der Waals surface area contributed by atoms with Gasteiger partial charge >= 0.3 is 12.1 Å². The highest BCUT2D eigenvalue weighted by atomic mass is 19.4. The molecule has 3 aromatic heterocycles. The number of aromatic nitrogens is 4. The Bertz CT molecular complexity index is 1060. The first-order chi connectivity index (χ1) is 15.4. The van der Waals surface area contributed by atoms with Crippen molar-refractivity contribution in [3.8, 4) is 11.7 Å². The van der Waals surface area contributed by atoms with Crippen LogP contribution in [-0.4, -0.2) is 62.9 Å². The van der Waals surface area contributed by atoms with E-state index in [9.17, 15) is 13.2 Å². The highest BCUT2D eigenvalue weighted by Gasteiger charge is 2.38. The molecule has 0 radical (unpaired) electrons. The van der Waals surface area contributed by atoms with Crippen LogP contribution in [0, 0.1) is 20.8 Å². The van der Waals surface area contributed by atoms with Crippen LogP contribution in [0.2, 0.25) is 0 Å². The van der Waals surface area contributed by atoms with E-state index in [0.29, 0.717) is 30.7 Å². The van der Waals surface area contributed by atoms with Gasteiger partial charge in [-0.25, -0.2) is 4.79 Å². The van der Waals surface area contributed by atoms with E-state index in [-0.39, 0.29) is 0 Å². The second kappa shape index (κ2) is 11.1. The Morgan fingerprint density at radius 1 is 1.24 bits per heavy atom. The number of ether oxygens (including phenoxy) is 1. The van der Waals surface area contributed by atoms with E-state index in [2.05, 4.69) is 27.1 Å². The number of halogens is 3. The molecule has 0 atom stereocenters. The minimum atomic E-state index is -5.08. The zero-order valence-electron chi connectivity index (χ0n) is 18.9. The number of rotatable bonds is 8. The van der Waals surface area contributed by atoms with Crippen LogP contribution in [0.1, 0.15) is 28.4 Å². The summed E-state index contributed by atoms with van der Waals surface area (Å²) in [6, 6.07) is 1.87. The fraction of sp³-hybridized carbons (Fsp3) is 0.500. The van der Waals surface area contributed by atoms with Crippen molar-refractivity contribution >= 4 is 5.97 Å². The first-order valence-corrected chi connectivity index (χ1v) is 9.81. The van der Waals surface area contributed by atoms with E-state index in [1.807, 2.05) is 31.6 Å². The third-order valence-corrected chi connectivity index (χ3v) is 4.64. The van der Waals surface area contributed by atoms with Gasteiger partial charge in [-0.2, -0.15) is 18.3 Å². The first kappa shape index (κ1) is 26.1. The molecule has 0 bridgehead atoms. The van der Waals surface area contributed by atoms with E-state index in [1.165, 1.54) is 5.56 Å². The SMILES string of the molecule is COCCn1nc(C)c(CN(C)Cc2nnc(-c3occc3C)o2)c1C.O=C(O)C(F)(F)F. The molecule has 3 rings (SSSR count). The molecule has 3 aromatic rings. The monoisotopic (exact) mass is 473 g/mol. The maximum atomic E-state index is 10.6. The number of carboxylic acids is 1. The van der Waals surface area contributed by atoms with Crippen molar-refractivity contribution in [3.05, 3.63) is 40.7 Å². The van der Waals surface area contributed by atoms with Crippen molar-refractivity contribution in [1.82, 2.24) is 24.9 Å². The standard InChI is InChI=1S/C18H25N5O3.C2HF3O2/c1-12-6-8-25-17(12)18-20-19-16(26-18)11-22(4)10-15-13(2)21-23(14(15)3)7-9-24-5;3-2(4,5)1(6)7/h6,8H,7,9-11H2,1-5H3;(H,6,7). The number of methoxy groups -OCH3 is 1. The molecule has 0 saturated carbocycles. The van der Waals surface area contributed by atoms with Gasteiger partial charge in [0.15, 0.2) is 5.76 Å². The maximum absolute atomic E-state index is 10.6. The highest BCUT2D eigenvalue weighted by molar-refractivity contribution is 5.73. The molecule has 0 saturated heterocycles. The summed E-state index contributed by atoms with van der Waals surface area (Å²) in [6.45, 7) is 8.77. The largest absolute Gasteiger partial charge is 0.490 e. The zero-order chi connectivity index (χ0) is 24.8. The Morgan fingerprint density at radius 3 is 2.45 bits per heavy atom. The molecule has 33 heavy (non-hydrogen) atoms. The number of hydrogen-bond donors (Lipinski definition) is 1. The van der Waals surface area contributed by atoms with Crippen molar-refractivity contribution in [2.45, 2.75) is 46.6 Å². The number of alkyl halides is 3. The summed E-state index contributed by atoms with van der Waals surface area (Å²) in [5, 5.41) is 19.9. The second-order valence-electron chi connectivity index (χ2n) is 7.27. The number of hydrogen-bond acceptors (Lipinski definition) is 8. The Hall–Kier alpha value is -3.19. The van der Waals surface area contributed by atoms with E-state index in [1.54, 1.807) is 13.4 Å². The number of carboxylic acid groups (broad SMARTS) is 1. The minimum absolute atomic E-state index is 0.413. The summed E-state index contributed by atoms with van der Waals surface area (Å²) < 4.78 is 50.0. The van der Waals surface area contributed by atoms with Crippen LogP contribution >= 0.6 is 0 Å². The normalized spacial score (nSPS) is 11.5. The molecule has 13 heteroatoms. The van der Waals surface area contributed by atoms with Gasteiger partial charge in [0.05, 0.1) is 31.7 Å². The molecular formula is C20H26F3N5O5. The molecule has 0 aliphatic carbocycles. The molecule has 3 heterocycles. The van der Waals surface area contributed by atoms with E-state index < -0.39 is 12.1 Å². The molecule has 0 amide bonds. The number of aliphatic carboxylic acids is 1. The van der Waals surface area contributed by atoms with Gasteiger partial charge < -0.3 is 18.7 Å². The van der Waals surface area contributed by atoms with Crippen molar-refractivity contribution in [2.24, 2.45) is 0 Å². The number of aryl methyl sites for hydroxylation is 2. The predicted molar refractivity (Wildman–Crippen MR) is 109 cm³/mol. The molecule has 0 aliphatic heterocycles. The van der Waals surface area contributed by atoms with Crippen molar-refractivity contribution in [3.63, 3.8) is 0 Å². The van der Waals surface area contributed by atoms with Crippen molar-refractivity contribution in [2.75, 3.05) is 20.8 Å². The van der Waals surface area contributed by atoms with Gasteiger partial charge in [0.2, 0.25) is 5.89 Å². The topological polar surface area (TPSA) is 120 Å². The van der Waals surface area contributed by atoms with Crippen LogP contribution in [0.25, 0.3) is 11.7 Å². The molecule has 0 aliphatic rings. The summed E-state index contributed by atoms with van der Waals surface area (Å²) in [4.78, 5) is 11.0. The molecule has 0 aromatic carbocycles. The van der Waals surface area contributed by atoms with Gasteiger partial charge in [0.1, 0.15) is 0 Å². The number of furan rings is 1. The molecule has 1 N–H and O–H groups in total. The minimum Gasteiger partial charge on any atom is -0.475 e. The van der Waals surface area contributed by atoms with Gasteiger partial charge in [0.25, 0.3) is 5.89 Å². The Balaban J connectivity index is 0.000000479. The average molecular weight is 473 g/mol. The lowest BCUT2D eigenvalue weighted by atomic mass is 10.2. The van der Waals surface area contributed by atoms with E-state index >= 15 is 0 Å². The molecule has 0 spiro atoms. The summed E-state index contributed by atoms with van der Waals surface area (Å²) in [6.07, 6.45) is -3.46. The maximum Gasteiger partial charge on any atom is 0.490 e. The fourth-order valence-corrected chi connectivity index (χ4v) is 2.92. The number of carbonyl (C=O) groups is 1. The van der Waals surface area contributed by atoms with Gasteiger partial charge in [-0.15, -0.1) is 10.2 Å². The lowest BCUT2D eigenvalue weighted by Crippen LogP contribution is -2.21. The summed E-state index contributed by atoms with van der Waals surface area (Å²) in [5.74, 6) is -1.17. The Labute approximate surface area is 187 Å². The average Bonchev–Trinajstić information content (AvgIpc) is 3.42. The van der Waals surface area contributed by atoms with Gasteiger partial charge in [-0.3, -0.25) is 9.58 Å². The van der Waals surface area contributed by atoms with Crippen LogP contribution < -0.4 is 0 Å². The van der Waals surface area contributed by atoms with E-state index in [0.717, 1.165) is 30.0 Å². The van der Waals surface area contributed by atoms with Crippen LogP contribution in [0.15, 0.2) is 21.2 Å². The smallest absolute Gasteiger partial charge is 0.475 e. The van der Waals surface area contributed by atoms with Crippen LogP contribution in [0.3, 0.4) is 0 Å². The van der Waals surface area contributed by atoms with Crippen LogP contribution in [-0.2, 0) is 29.2 Å². The predicted octanol–water partition coefficient (Wildman–Crippen LogP) is 3.36. The van der Waals surface area contributed by atoms with Crippen LogP contribution in [0.4, 0.5) is 13.2 Å². The molecular weight excluding hydrogens is 447 g/mol. The molecule has 0 unspecified atom stereocenters. The van der Waals surface area contributed by atoms with Crippen molar-refractivity contribution < 1.29 is 36.6 Å². The number of nitrogens with zero attached hydrogens (tertiary/aromatic N) is 5. The third kappa shape index (κ3) is 7.15. The third-order valence-electron chi connectivity index (χ3n) is 4.64. The van der Waals surface area contributed by atoms with E-state index in [4.69, 9.17) is 23.5 Å². The van der Waals surface area contributed by atoms with Gasteiger partial charge in [-0.05, 0) is 33.9 Å². The Morgan fingerprint density at radius 2 is 1.91 bits per heavy atom. The molecule has 10 nitrogen and oxygen atoms in total. The molecule has 0 fully saturated rings.